The Morgan fingerprint density at radius 2 is 2.22 bits per heavy atom. The Bertz CT molecular complexity index is 648. The highest BCUT2D eigenvalue weighted by Crippen LogP contribution is 2.10. The number of primary sulfonamides is 1. The van der Waals surface area contributed by atoms with Gasteiger partial charge in [-0.05, 0) is 19.1 Å². The topological polar surface area (TPSA) is 89.5 Å². The van der Waals surface area contributed by atoms with Gasteiger partial charge in [-0.15, -0.1) is 0 Å². The van der Waals surface area contributed by atoms with Crippen LogP contribution in [0.4, 0.5) is 0 Å². The first kappa shape index (κ1) is 13.0. The maximum absolute atomic E-state index is 10.8. The van der Waals surface area contributed by atoms with Gasteiger partial charge < -0.3 is 9.72 Å². The second-order valence-electron chi connectivity index (χ2n) is 4.12. The van der Waals surface area contributed by atoms with Crippen LogP contribution < -0.4 is 10.5 Å². The van der Waals surface area contributed by atoms with E-state index < -0.39 is 10.0 Å². The molecule has 0 aliphatic carbocycles. The van der Waals surface area contributed by atoms with Crippen molar-refractivity contribution in [2.75, 3.05) is 12.3 Å². The molecule has 0 atom stereocenters. The summed E-state index contributed by atoms with van der Waals surface area (Å²) in [5.74, 6) is -0.0667. The molecule has 0 spiro atoms. The Morgan fingerprint density at radius 1 is 1.44 bits per heavy atom. The molecular formula is C11H16N4O2S. The van der Waals surface area contributed by atoms with Crippen LogP contribution in [-0.4, -0.2) is 30.1 Å². The van der Waals surface area contributed by atoms with Crippen molar-refractivity contribution in [1.82, 2.24) is 14.7 Å². The van der Waals surface area contributed by atoms with Crippen LogP contribution in [0.15, 0.2) is 24.4 Å². The van der Waals surface area contributed by atoms with Crippen LogP contribution in [0, 0.1) is 6.92 Å². The number of aryl methyl sites for hydroxylation is 1. The lowest BCUT2D eigenvalue weighted by Crippen LogP contribution is -2.27. The Hall–Kier alpha value is -1.44. The van der Waals surface area contributed by atoms with Crippen molar-refractivity contribution in [2.45, 2.75) is 13.5 Å². The van der Waals surface area contributed by atoms with E-state index in [0.717, 1.165) is 17.0 Å². The summed E-state index contributed by atoms with van der Waals surface area (Å²) in [6, 6.07) is 5.79. The predicted octanol–water partition coefficient (Wildman–Crippen LogP) is 0.0208. The number of rotatable bonds is 5. The van der Waals surface area contributed by atoms with Gasteiger partial charge in [0.15, 0.2) is 0 Å². The maximum atomic E-state index is 10.8. The third-order valence-electron chi connectivity index (χ3n) is 2.68. The van der Waals surface area contributed by atoms with E-state index in [9.17, 15) is 8.42 Å². The quantitative estimate of drug-likeness (QED) is 0.748. The highest BCUT2D eigenvalue weighted by Gasteiger charge is 2.08. The number of imidazole rings is 1. The van der Waals surface area contributed by atoms with E-state index in [4.69, 9.17) is 5.14 Å². The largest absolute Gasteiger partial charge is 0.310 e. The molecule has 18 heavy (non-hydrogen) atoms. The molecule has 7 heteroatoms. The van der Waals surface area contributed by atoms with Gasteiger partial charge >= 0.3 is 0 Å². The third-order valence-corrected chi connectivity index (χ3v) is 3.46. The summed E-state index contributed by atoms with van der Waals surface area (Å²) in [5, 5.41) is 7.99. The first-order chi connectivity index (χ1) is 8.47. The molecule has 98 valence electrons. The number of aromatic nitrogens is 2. The summed E-state index contributed by atoms with van der Waals surface area (Å²) in [6.45, 7) is 2.83. The third kappa shape index (κ3) is 3.06. The molecule has 2 heterocycles. The number of nitrogens with zero attached hydrogens (tertiary/aromatic N) is 2. The van der Waals surface area contributed by atoms with Crippen molar-refractivity contribution >= 4 is 15.7 Å². The molecule has 0 aliphatic heterocycles. The SMILES string of the molecule is Cc1nc2ccccn2c1CNCCS(N)(=O)=O. The summed E-state index contributed by atoms with van der Waals surface area (Å²) in [4.78, 5) is 4.42. The fraction of sp³-hybridized carbons (Fsp3) is 0.364. The molecule has 0 aliphatic rings. The Balaban J connectivity index is 2.06. The Morgan fingerprint density at radius 3 is 2.94 bits per heavy atom. The van der Waals surface area contributed by atoms with Gasteiger partial charge in [0.2, 0.25) is 10.0 Å². The minimum Gasteiger partial charge on any atom is -0.310 e. The molecule has 0 fully saturated rings. The van der Waals surface area contributed by atoms with E-state index in [1.54, 1.807) is 0 Å². The van der Waals surface area contributed by atoms with Crippen molar-refractivity contribution in [3.63, 3.8) is 0 Å². The molecule has 0 aromatic carbocycles. The van der Waals surface area contributed by atoms with Gasteiger partial charge in [0.05, 0.1) is 17.1 Å². The Labute approximate surface area is 106 Å². The zero-order valence-electron chi connectivity index (χ0n) is 10.1. The second kappa shape index (κ2) is 5.05. The van der Waals surface area contributed by atoms with Crippen LogP contribution in [0.25, 0.3) is 5.65 Å². The molecule has 0 unspecified atom stereocenters. The van der Waals surface area contributed by atoms with Gasteiger partial charge in [0.25, 0.3) is 0 Å². The normalized spacial score (nSPS) is 12.1. The highest BCUT2D eigenvalue weighted by molar-refractivity contribution is 7.89. The van der Waals surface area contributed by atoms with Crippen molar-refractivity contribution < 1.29 is 8.42 Å². The van der Waals surface area contributed by atoms with Gasteiger partial charge in [0, 0.05) is 19.3 Å². The lowest BCUT2D eigenvalue weighted by Gasteiger charge is -2.05. The number of hydrogen-bond donors (Lipinski definition) is 2. The van der Waals surface area contributed by atoms with Gasteiger partial charge in [0.1, 0.15) is 5.65 Å². The van der Waals surface area contributed by atoms with Crippen LogP contribution in [0.3, 0.4) is 0 Å². The number of hydrogen-bond acceptors (Lipinski definition) is 4. The average molecular weight is 268 g/mol. The maximum Gasteiger partial charge on any atom is 0.210 e. The molecule has 0 radical (unpaired) electrons. The number of nitrogens with two attached hydrogens (primary N) is 1. The van der Waals surface area contributed by atoms with Crippen LogP contribution in [0.5, 0.6) is 0 Å². The molecule has 2 aromatic heterocycles. The average Bonchev–Trinajstić information content (AvgIpc) is 2.59. The zero-order chi connectivity index (χ0) is 13.2. The zero-order valence-corrected chi connectivity index (χ0v) is 10.9. The lowest BCUT2D eigenvalue weighted by atomic mass is 10.3. The van der Waals surface area contributed by atoms with Crippen LogP contribution in [0.2, 0.25) is 0 Å². The molecule has 3 N–H and O–H groups in total. The number of pyridine rings is 1. The fourth-order valence-electron chi connectivity index (χ4n) is 1.80. The molecule has 0 bridgehead atoms. The van der Waals surface area contributed by atoms with E-state index in [1.165, 1.54) is 0 Å². The summed E-state index contributed by atoms with van der Waals surface area (Å²) in [6.07, 6.45) is 1.94. The van der Waals surface area contributed by atoms with Crippen LogP contribution in [0.1, 0.15) is 11.4 Å². The van der Waals surface area contributed by atoms with Crippen molar-refractivity contribution in [2.24, 2.45) is 5.14 Å². The minimum atomic E-state index is -3.40. The summed E-state index contributed by atoms with van der Waals surface area (Å²) >= 11 is 0. The van der Waals surface area contributed by atoms with E-state index in [2.05, 4.69) is 10.3 Å². The van der Waals surface area contributed by atoms with E-state index in [1.807, 2.05) is 35.7 Å². The second-order valence-corrected chi connectivity index (χ2v) is 5.85. The first-order valence-electron chi connectivity index (χ1n) is 5.61. The molecule has 0 amide bonds. The van der Waals surface area contributed by atoms with Gasteiger partial charge in [-0.1, -0.05) is 6.07 Å². The standard InChI is InChI=1S/C11H16N4O2S/c1-9-10(8-13-5-7-18(12,16)17)15-6-3-2-4-11(15)14-9/h2-4,6,13H,5,7-8H2,1H3,(H2,12,16,17). The highest BCUT2D eigenvalue weighted by atomic mass is 32.2. The minimum absolute atomic E-state index is 0.0667. The predicted molar refractivity (Wildman–Crippen MR) is 69.6 cm³/mol. The summed E-state index contributed by atoms with van der Waals surface area (Å²) in [5.41, 5.74) is 2.85. The molecule has 2 rings (SSSR count). The van der Waals surface area contributed by atoms with E-state index >= 15 is 0 Å². The fourth-order valence-corrected chi connectivity index (χ4v) is 2.23. The smallest absolute Gasteiger partial charge is 0.210 e. The number of nitrogens with one attached hydrogen (secondary N) is 1. The van der Waals surface area contributed by atoms with Crippen molar-refractivity contribution in [3.05, 3.63) is 35.8 Å². The summed E-state index contributed by atoms with van der Waals surface area (Å²) in [7, 11) is -3.40. The van der Waals surface area contributed by atoms with Crippen molar-refractivity contribution in [3.8, 4) is 0 Å². The monoisotopic (exact) mass is 268 g/mol. The van der Waals surface area contributed by atoms with Crippen molar-refractivity contribution in [1.29, 1.82) is 0 Å². The number of sulfonamides is 1. The first-order valence-corrected chi connectivity index (χ1v) is 7.33. The van der Waals surface area contributed by atoms with E-state index in [0.29, 0.717) is 13.1 Å². The molecule has 6 nitrogen and oxygen atoms in total. The van der Waals surface area contributed by atoms with Crippen LogP contribution >= 0.6 is 0 Å². The number of fused-ring (bicyclic) bond motifs is 1. The van der Waals surface area contributed by atoms with Gasteiger partial charge in [-0.2, -0.15) is 0 Å². The Kier molecular flexibility index (Phi) is 3.65. The summed E-state index contributed by atoms with van der Waals surface area (Å²) < 4.78 is 23.6. The van der Waals surface area contributed by atoms with Crippen LogP contribution in [-0.2, 0) is 16.6 Å². The molecule has 0 saturated carbocycles. The van der Waals surface area contributed by atoms with Gasteiger partial charge in [-0.25, -0.2) is 18.5 Å². The molecule has 2 aromatic rings. The molecule has 0 saturated heterocycles. The van der Waals surface area contributed by atoms with E-state index in [-0.39, 0.29) is 5.75 Å². The van der Waals surface area contributed by atoms with Gasteiger partial charge in [-0.3, -0.25) is 0 Å². The lowest BCUT2D eigenvalue weighted by molar-refractivity contribution is 0.591. The molecular weight excluding hydrogens is 252 g/mol.